The quantitative estimate of drug-likeness (QED) is 0.107. The lowest BCUT2D eigenvalue weighted by Gasteiger charge is -2.36. The second-order valence-electron chi connectivity index (χ2n) is 20.0. The van der Waals surface area contributed by atoms with E-state index in [-0.39, 0.29) is 41.1 Å². The predicted molar refractivity (Wildman–Crippen MR) is 250 cm³/mol. The lowest BCUT2D eigenvalue weighted by molar-refractivity contribution is -0.136. The normalized spacial score (nSPS) is 22.8. The average Bonchev–Trinajstić information content (AvgIpc) is 4.15. The van der Waals surface area contributed by atoms with Crippen molar-refractivity contribution >= 4 is 46.1 Å². The minimum Gasteiger partial charge on any atom is -0.453 e. The smallest absolute Gasteiger partial charge is 0.407 e. The standard InChI is InChI=1S/C51H64N8O6/c1-28(2)43(56-49(62)64-6)47(60)58-22-8-10-41(58)45-52-37-16-12-31(24-39(37)54-45)33-14-15-34(36-27-51(26-35(33)36)20-18-30(5)19-21-51)32-13-17-38-40(25-32)55-46(53-38)42-11-9-23-59(42)48(61)44(29(3)4)57-50(63)65-7/h12-17,24-25,28-30,41-44H,8-11,18-23,26-27H2,1-7H3,(H,52,54)(H,53,55)(H,56,62)(H,57,63)/t30?,41?,42?,43-,44-,51?/m0/s1. The zero-order valence-corrected chi connectivity index (χ0v) is 38.9. The molecule has 4 N–H and O–H groups in total. The molecule has 0 bridgehead atoms. The predicted octanol–water partition coefficient (Wildman–Crippen LogP) is 9.16. The highest BCUT2D eigenvalue weighted by Crippen LogP contribution is 2.53. The molecule has 9 rings (SSSR count). The Morgan fingerprint density at radius 1 is 0.662 bits per heavy atom. The number of nitrogens with zero attached hydrogens (tertiary/aromatic N) is 4. The van der Waals surface area contributed by atoms with Crippen LogP contribution >= 0.6 is 0 Å². The molecule has 5 aromatic rings. The Bertz CT molecular complexity index is 2450. The number of carbonyl (C=O) groups is 4. The van der Waals surface area contributed by atoms with E-state index < -0.39 is 24.3 Å². The van der Waals surface area contributed by atoms with Crippen molar-refractivity contribution in [3.8, 4) is 22.3 Å². The third kappa shape index (κ3) is 8.44. The molecule has 2 saturated heterocycles. The van der Waals surface area contributed by atoms with Crippen molar-refractivity contribution in [1.29, 1.82) is 0 Å². The summed E-state index contributed by atoms with van der Waals surface area (Å²) in [5.74, 6) is 1.80. The highest BCUT2D eigenvalue weighted by molar-refractivity contribution is 5.90. The third-order valence-electron chi connectivity index (χ3n) is 15.0. The monoisotopic (exact) mass is 884 g/mol. The van der Waals surface area contributed by atoms with E-state index in [1.807, 2.05) is 37.5 Å². The van der Waals surface area contributed by atoms with E-state index in [1.54, 1.807) is 0 Å². The van der Waals surface area contributed by atoms with Crippen LogP contribution in [0, 0.1) is 23.2 Å². The van der Waals surface area contributed by atoms with Crippen LogP contribution in [0.2, 0.25) is 0 Å². The van der Waals surface area contributed by atoms with Crippen molar-refractivity contribution in [3.63, 3.8) is 0 Å². The highest BCUT2D eigenvalue weighted by Gasteiger charge is 2.43. The van der Waals surface area contributed by atoms with Gasteiger partial charge in [-0.2, -0.15) is 0 Å². The summed E-state index contributed by atoms with van der Waals surface area (Å²) in [7, 11) is 2.62. The first-order valence-electron chi connectivity index (χ1n) is 23.7. The molecule has 2 aliphatic carbocycles. The fourth-order valence-corrected chi connectivity index (χ4v) is 11.3. The molecule has 4 aliphatic rings. The molecule has 344 valence electrons. The molecular weight excluding hydrogens is 821 g/mol. The maximum Gasteiger partial charge on any atom is 0.407 e. The van der Waals surface area contributed by atoms with Gasteiger partial charge in [0.15, 0.2) is 0 Å². The summed E-state index contributed by atoms with van der Waals surface area (Å²) in [5.41, 5.74) is 11.5. The van der Waals surface area contributed by atoms with Crippen molar-refractivity contribution in [2.24, 2.45) is 23.2 Å². The fraction of sp³-hybridized carbons (Fsp3) is 0.529. The van der Waals surface area contributed by atoms with Crippen LogP contribution in [-0.2, 0) is 31.9 Å². The van der Waals surface area contributed by atoms with Crippen LogP contribution in [0.1, 0.15) is 121 Å². The first-order valence-corrected chi connectivity index (χ1v) is 23.7. The van der Waals surface area contributed by atoms with E-state index in [9.17, 15) is 19.2 Å². The van der Waals surface area contributed by atoms with Crippen molar-refractivity contribution < 1.29 is 28.7 Å². The van der Waals surface area contributed by atoms with Crippen LogP contribution in [0.3, 0.4) is 0 Å². The van der Waals surface area contributed by atoms with Crippen LogP contribution < -0.4 is 10.6 Å². The number of aromatic nitrogens is 4. The van der Waals surface area contributed by atoms with Crippen molar-refractivity contribution in [1.82, 2.24) is 40.4 Å². The van der Waals surface area contributed by atoms with Gasteiger partial charge in [-0.25, -0.2) is 19.6 Å². The summed E-state index contributed by atoms with van der Waals surface area (Å²) in [4.78, 5) is 73.1. The topological polar surface area (TPSA) is 175 Å². The third-order valence-corrected chi connectivity index (χ3v) is 15.0. The summed E-state index contributed by atoms with van der Waals surface area (Å²) >= 11 is 0. The number of methoxy groups -OCH3 is 2. The number of amides is 4. The maximum absolute atomic E-state index is 13.9. The Hall–Kier alpha value is -5.92. The Morgan fingerprint density at radius 2 is 1.09 bits per heavy atom. The van der Waals surface area contributed by atoms with Crippen molar-refractivity contribution in [2.75, 3.05) is 27.3 Å². The minimum absolute atomic E-state index is 0.110. The molecule has 2 unspecified atom stereocenters. The first-order chi connectivity index (χ1) is 31.3. The number of imidazole rings is 2. The first kappa shape index (κ1) is 44.3. The van der Waals surface area contributed by atoms with Crippen molar-refractivity contribution in [2.45, 2.75) is 123 Å². The Balaban J connectivity index is 1.02. The molecule has 4 amide bonds. The average molecular weight is 885 g/mol. The number of hydrogen-bond donors (Lipinski definition) is 4. The fourth-order valence-electron chi connectivity index (χ4n) is 11.3. The van der Waals surface area contributed by atoms with Gasteiger partial charge in [-0.1, -0.05) is 71.7 Å². The van der Waals surface area contributed by atoms with E-state index in [4.69, 9.17) is 19.4 Å². The Kier molecular flexibility index (Phi) is 12.1. The molecule has 0 radical (unpaired) electrons. The van der Waals surface area contributed by atoms with E-state index >= 15 is 0 Å². The number of H-pyrrole nitrogens is 2. The van der Waals surface area contributed by atoms with E-state index in [0.717, 1.165) is 89.3 Å². The number of ether oxygens (including phenoxy) is 2. The number of likely N-dealkylation sites (tertiary alicyclic amines) is 2. The number of rotatable bonds is 10. The van der Waals surface area contributed by atoms with Crippen LogP contribution in [0.5, 0.6) is 0 Å². The molecule has 14 nitrogen and oxygen atoms in total. The summed E-state index contributed by atoms with van der Waals surface area (Å²) < 4.78 is 9.67. The zero-order valence-electron chi connectivity index (χ0n) is 38.9. The van der Waals surface area contributed by atoms with E-state index in [1.165, 1.54) is 62.2 Å². The maximum atomic E-state index is 13.9. The Labute approximate surface area is 381 Å². The van der Waals surface area contributed by atoms with Crippen LogP contribution in [0.4, 0.5) is 9.59 Å². The zero-order chi connectivity index (χ0) is 45.7. The number of hydrogen-bond acceptors (Lipinski definition) is 8. The second-order valence-corrected chi connectivity index (χ2v) is 20.0. The van der Waals surface area contributed by atoms with Gasteiger partial charge in [0.05, 0.1) is 48.4 Å². The lowest BCUT2D eigenvalue weighted by atomic mass is 9.69. The molecule has 1 saturated carbocycles. The molecule has 1 spiro atoms. The molecule has 2 aliphatic heterocycles. The molecule has 2 aromatic heterocycles. The number of fused-ring (bicyclic) bond motifs is 3. The number of alkyl carbamates (subject to hydrolysis) is 2. The van der Waals surface area contributed by atoms with Gasteiger partial charge in [-0.15, -0.1) is 0 Å². The molecule has 65 heavy (non-hydrogen) atoms. The molecule has 3 aromatic carbocycles. The summed E-state index contributed by atoms with van der Waals surface area (Å²) in [5, 5.41) is 5.50. The molecule has 3 fully saturated rings. The van der Waals surface area contributed by atoms with Gasteiger partial charge in [0.25, 0.3) is 0 Å². The molecular formula is C51H64N8O6. The van der Waals surface area contributed by atoms with Crippen LogP contribution in [-0.4, -0.2) is 93.1 Å². The van der Waals surface area contributed by atoms with Gasteiger partial charge in [0.2, 0.25) is 11.8 Å². The summed E-state index contributed by atoms with van der Waals surface area (Å²) in [6.07, 6.45) is 9.09. The lowest BCUT2D eigenvalue weighted by Crippen LogP contribution is -2.51. The largest absolute Gasteiger partial charge is 0.453 e. The number of benzene rings is 3. The van der Waals surface area contributed by atoms with Gasteiger partial charge in [-0.3, -0.25) is 9.59 Å². The van der Waals surface area contributed by atoms with Gasteiger partial charge >= 0.3 is 12.2 Å². The van der Waals surface area contributed by atoms with Crippen LogP contribution in [0.25, 0.3) is 44.3 Å². The van der Waals surface area contributed by atoms with Gasteiger partial charge in [0, 0.05) is 13.1 Å². The van der Waals surface area contributed by atoms with Gasteiger partial charge < -0.3 is 39.9 Å². The van der Waals surface area contributed by atoms with Crippen LogP contribution in [0.15, 0.2) is 48.5 Å². The number of aromatic amines is 2. The Morgan fingerprint density at radius 3 is 1.49 bits per heavy atom. The SMILES string of the molecule is COC(=O)N[C@H](C(=O)N1CCCC1c1nc2ccc(-c3ccc(-c4ccc5nc(C6CCCN6C(=O)[C@@H](NC(=O)OC)C(C)C)[nH]c5c4)c4c3CC3(CCC(C)CC3)C4)cc2[nH]1)C(C)C. The van der Waals surface area contributed by atoms with Crippen molar-refractivity contribution in [3.05, 3.63) is 71.3 Å². The summed E-state index contributed by atoms with van der Waals surface area (Å²) in [6, 6.07) is 15.8. The number of nitrogens with one attached hydrogen (secondary N) is 4. The van der Waals surface area contributed by atoms with E-state index in [0.29, 0.717) is 13.1 Å². The second kappa shape index (κ2) is 17.8. The van der Waals surface area contributed by atoms with Gasteiger partial charge in [0.1, 0.15) is 23.7 Å². The van der Waals surface area contributed by atoms with E-state index in [2.05, 4.69) is 76.1 Å². The van der Waals surface area contributed by atoms with Gasteiger partial charge in [-0.05, 0) is 132 Å². The number of carbonyl (C=O) groups excluding carboxylic acids is 4. The molecule has 4 heterocycles. The minimum atomic E-state index is -0.694. The summed E-state index contributed by atoms with van der Waals surface area (Å²) in [6.45, 7) is 11.3. The highest BCUT2D eigenvalue weighted by atomic mass is 16.5. The molecule has 14 heteroatoms. The molecule has 4 atom stereocenters.